The summed E-state index contributed by atoms with van der Waals surface area (Å²) >= 11 is 4.97. The number of nitrogens with zero attached hydrogens (tertiary/aromatic N) is 2. The number of anilines is 1. The molecule has 0 aliphatic heterocycles. The largest absolute Gasteiger partial charge is 0.284 e. The van der Waals surface area contributed by atoms with Crippen LogP contribution in [0.1, 0.15) is 50.0 Å². The highest BCUT2D eigenvalue weighted by Gasteiger charge is 2.21. The van der Waals surface area contributed by atoms with E-state index in [-0.39, 0.29) is 11.3 Å². The average Bonchev–Trinajstić information content (AvgIpc) is 3.15. The van der Waals surface area contributed by atoms with Crippen molar-refractivity contribution in [3.63, 3.8) is 0 Å². The molecule has 0 N–H and O–H groups in total. The predicted molar refractivity (Wildman–Crippen MR) is 122 cm³/mol. The molecule has 146 valence electrons. The maximum absolute atomic E-state index is 13.2. The highest BCUT2D eigenvalue weighted by molar-refractivity contribution is 9.10. The van der Waals surface area contributed by atoms with Crippen LogP contribution in [0, 0.1) is 0 Å². The van der Waals surface area contributed by atoms with Crippen LogP contribution in [0.3, 0.4) is 0 Å². The molecule has 0 fully saturated rings. The Morgan fingerprint density at radius 2 is 1.71 bits per heavy atom. The second-order valence-corrected chi connectivity index (χ2v) is 9.56. The summed E-state index contributed by atoms with van der Waals surface area (Å²) in [4.78, 5) is 19.7. The Bertz CT molecular complexity index is 940. The summed E-state index contributed by atoms with van der Waals surface area (Å²) < 4.78 is 1.04. The first-order valence-corrected chi connectivity index (χ1v) is 11.1. The van der Waals surface area contributed by atoms with Crippen LogP contribution < -0.4 is 4.90 Å². The minimum atomic E-state index is -0.000912. The first-order chi connectivity index (χ1) is 13.3. The van der Waals surface area contributed by atoms with Crippen molar-refractivity contribution in [2.45, 2.75) is 39.5 Å². The van der Waals surface area contributed by atoms with Gasteiger partial charge in [-0.3, -0.25) is 9.69 Å². The summed E-state index contributed by atoms with van der Waals surface area (Å²) in [6, 6.07) is 16.0. The van der Waals surface area contributed by atoms with Crippen molar-refractivity contribution in [2.75, 3.05) is 11.4 Å². The van der Waals surface area contributed by atoms with Crippen molar-refractivity contribution >= 4 is 38.3 Å². The lowest BCUT2D eigenvalue weighted by atomic mass is 9.86. The minimum absolute atomic E-state index is 0.000912. The second-order valence-electron chi connectivity index (χ2n) is 7.81. The highest BCUT2D eigenvalue weighted by atomic mass is 79.9. The first kappa shape index (κ1) is 20.7. The molecule has 1 amide bonds. The van der Waals surface area contributed by atoms with Gasteiger partial charge in [-0.2, -0.15) is 0 Å². The van der Waals surface area contributed by atoms with Gasteiger partial charge in [0, 0.05) is 27.5 Å². The molecule has 0 spiro atoms. The quantitative estimate of drug-likeness (QED) is 0.416. The Kier molecular flexibility index (Phi) is 6.36. The number of aromatic nitrogens is 1. The van der Waals surface area contributed by atoms with Gasteiger partial charge >= 0.3 is 0 Å². The topological polar surface area (TPSA) is 33.2 Å². The fraction of sp³-hybridized carbons (Fsp3) is 0.304. The van der Waals surface area contributed by atoms with Gasteiger partial charge in [0.2, 0.25) is 0 Å². The third kappa shape index (κ3) is 4.70. The molecule has 0 bridgehead atoms. The monoisotopic (exact) mass is 456 g/mol. The van der Waals surface area contributed by atoms with E-state index in [2.05, 4.69) is 43.6 Å². The van der Waals surface area contributed by atoms with E-state index in [9.17, 15) is 4.79 Å². The summed E-state index contributed by atoms with van der Waals surface area (Å²) in [5.41, 5.74) is 3.92. The van der Waals surface area contributed by atoms with Gasteiger partial charge in [-0.05, 0) is 41.7 Å². The number of halogens is 1. The zero-order valence-corrected chi connectivity index (χ0v) is 19.1. The van der Waals surface area contributed by atoms with E-state index >= 15 is 0 Å². The molecule has 1 heterocycles. The fourth-order valence-electron chi connectivity index (χ4n) is 2.92. The van der Waals surface area contributed by atoms with Crippen molar-refractivity contribution in [1.82, 2.24) is 4.98 Å². The van der Waals surface area contributed by atoms with Crippen molar-refractivity contribution in [3.8, 4) is 11.3 Å². The van der Waals surface area contributed by atoms with E-state index in [4.69, 9.17) is 4.98 Å². The number of rotatable bonds is 5. The van der Waals surface area contributed by atoms with E-state index in [1.807, 2.05) is 53.9 Å². The van der Waals surface area contributed by atoms with Crippen LogP contribution in [-0.4, -0.2) is 17.4 Å². The first-order valence-electron chi connectivity index (χ1n) is 9.43. The van der Waals surface area contributed by atoms with Gasteiger partial charge in [-0.15, -0.1) is 11.3 Å². The third-order valence-corrected chi connectivity index (χ3v) is 5.95. The number of benzene rings is 2. The maximum atomic E-state index is 13.2. The zero-order chi connectivity index (χ0) is 20.3. The molecule has 0 atom stereocenters. The number of hydrogen-bond donors (Lipinski definition) is 0. The van der Waals surface area contributed by atoms with Crippen LogP contribution in [0.25, 0.3) is 11.3 Å². The normalized spacial score (nSPS) is 11.5. The molecule has 3 rings (SSSR count). The molecule has 0 saturated carbocycles. The summed E-state index contributed by atoms with van der Waals surface area (Å²) in [5.74, 6) is -0.000912. The maximum Gasteiger partial charge on any atom is 0.260 e. The molecule has 2 aromatic carbocycles. The third-order valence-electron chi connectivity index (χ3n) is 4.55. The number of carbonyl (C=O) groups excluding carboxylic acids is 1. The molecule has 0 aliphatic carbocycles. The predicted octanol–water partition coefficient (Wildman–Crippen LogP) is 6.93. The lowest BCUT2D eigenvalue weighted by molar-refractivity contribution is 0.0987. The Balaban J connectivity index is 1.87. The molecule has 1 aromatic heterocycles. The molecule has 5 heteroatoms. The van der Waals surface area contributed by atoms with Crippen molar-refractivity contribution in [1.29, 1.82) is 0 Å². The Labute approximate surface area is 179 Å². The second kappa shape index (κ2) is 8.58. The van der Waals surface area contributed by atoms with Crippen LogP contribution in [0.2, 0.25) is 0 Å². The van der Waals surface area contributed by atoms with E-state index in [1.165, 1.54) is 16.9 Å². The lowest BCUT2D eigenvalue weighted by Crippen LogP contribution is -2.31. The van der Waals surface area contributed by atoms with Crippen LogP contribution in [0.4, 0.5) is 5.13 Å². The Morgan fingerprint density at radius 3 is 2.29 bits per heavy atom. The average molecular weight is 457 g/mol. The lowest BCUT2D eigenvalue weighted by Gasteiger charge is -2.21. The molecule has 0 radical (unpaired) electrons. The van der Waals surface area contributed by atoms with Crippen molar-refractivity contribution in [2.24, 2.45) is 0 Å². The van der Waals surface area contributed by atoms with Crippen LogP contribution >= 0.6 is 27.3 Å². The summed E-state index contributed by atoms with van der Waals surface area (Å²) in [6.07, 6.45) is 0.874. The van der Waals surface area contributed by atoms with Crippen molar-refractivity contribution < 1.29 is 4.79 Å². The summed E-state index contributed by atoms with van der Waals surface area (Å²) in [7, 11) is 0. The zero-order valence-electron chi connectivity index (χ0n) is 16.7. The molecular weight excluding hydrogens is 432 g/mol. The van der Waals surface area contributed by atoms with Crippen LogP contribution in [0.15, 0.2) is 58.4 Å². The minimum Gasteiger partial charge on any atom is -0.284 e. The molecule has 0 saturated heterocycles. The van der Waals surface area contributed by atoms with Gasteiger partial charge < -0.3 is 0 Å². The number of amides is 1. The van der Waals surface area contributed by atoms with Gasteiger partial charge in [0.05, 0.1) is 5.69 Å². The Morgan fingerprint density at radius 1 is 1.07 bits per heavy atom. The number of thiazole rings is 1. The van der Waals surface area contributed by atoms with E-state index in [0.717, 1.165) is 27.3 Å². The number of hydrogen-bond acceptors (Lipinski definition) is 3. The van der Waals surface area contributed by atoms with Gasteiger partial charge in [0.1, 0.15) is 0 Å². The highest BCUT2D eigenvalue weighted by Crippen LogP contribution is 2.30. The molecule has 0 unspecified atom stereocenters. The van der Waals surface area contributed by atoms with E-state index in [0.29, 0.717) is 12.1 Å². The molecule has 0 aliphatic rings. The summed E-state index contributed by atoms with van der Waals surface area (Å²) in [6.45, 7) is 9.24. The van der Waals surface area contributed by atoms with Crippen LogP contribution in [-0.2, 0) is 5.41 Å². The Hall–Kier alpha value is -1.98. The van der Waals surface area contributed by atoms with E-state index < -0.39 is 0 Å². The molecule has 28 heavy (non-hydrogen) atoms. The fourth-order valence-corrected chi connectivity index (χ4v) is 4.04. The number of carbonyl (C=O) groups is 1. The smallest absolute Gasteiger partial charge is 0.260 e. The van der Waals surface area contributed by atoms with Crippen molar-refractivity contribution in [3.05, 3.63) is 69.5 Å². The molecule has 3 nitrogen and oxygen atoms in total. The van der Waals surface area contributed by atoms with Gasteiger partial charge in [-0.1, -0.05) is 67.9 Å². The SMILES string of the molecule is CCCN(C(=O)c1ccc(C(C)(C)C)cc1)c1nc(-c2ccc(Br)cc2)cs1. The molecular formula is C23H25BrN2OS. The van der Waals surface area contributed by atoms with Crippen LogP contribution in [0.5, 0.6) is 0 Å². The van der Waals surface area contributed by atoms with Gasteiger partial charge in [-0.25, -0.2) is 4.98 Å². The van der Waals surface area contributed by atoms with Gasteiger partial charge in [0.15, 0.2) is 5.13 Å². The van der Waals surface area contributed by atoms with Gasteiger partial charge in [0.25, 0.3) is 5.91 Å². The molecule has 3 aromatic rings. The van der Waals surface area contributed by atoms with E-state index in [1.54, 1.807) is 4.90 Å². The summed E-state index contributed by atoms with van der Waals surface area (Å²) in [5, 5.41) is 2.75. The standard InChI is InChI=1S/C23H25BrN2OS/c1-5-14-26(21(27)17-6-10-18(11-7-17)23(2,3)4)22-25-20(15-28-22)16-8-12-19(24)13-9-16/h6-13,15H,5,14H2,1-4H3.